The molecule has 1 heterocycles. The van der Waals surface area contributed by atoms with Crippen LogP contribution in [0.3, 0.4) is 0 Å². The van der Waals surface area contributed by atoms with Gasteiger partial charge in [-0.15, -0.1) is 11.3 Å². The van der Waals surface area contributed by atoms with E-state index in [2.05, 4.69) is 25.1 Å². The molecule has 0 saturated carbocycles. The first-order valence-electron chi connectivity index (χ1n) is 5.89. The fraction of sp³-hybridized carbons (Fsp3) is 0.429. The lowest BCUT2D eigenvalue weighted by Crippen LogP contribution is -1.74. The van der Waals surface area contributed by atoms with Gasteiger partial charge in [-0.05, 0) is 24.6 Å². The number of hydrogen-bond acceptors (Lipinski definition) is 1. The summed E-state index contributed by atoms with van der Waals surface area (Å²) in [5, 5.41) is 0.844. The smallest absolute Gasteiger partial charge is 0.0369 e. The molecule has 0 aromatic carbocycles. The first-order chi connectivity index (χ1) is 7.75. The summed E-state index contributed by atoms with van der Waals surface area (Å²) in [5.74, 6) is 0. The van der Waals surface area contributed by atoms with Crippen molar-refractivity contribution in [1.82, 2.24) is 0 Å². The van der Waals surface area contributed by atoms with Gasteiger partial charge in [0, 0.05) is 21.2 Å². The molecular formula is C14H21ClS. The summed E-state index contributed by atoms with van der Waals surface area (Å²) >= 11 is 7.74. The van der Waals surface area contributed by atoms with Crippen LogP contribution in [0.15, 0.2) is 23.3 Å². The van der Waals surface area contributed by atoms with Crippen LogP contribution < -0.4 is 0 Å². The second kappa shape index (κ2) is 8.60. The van der Waals surface area contributed by atoms with Crippen LogP contribution >= 0.6 is 22.9 Å². The van der Waals surface area contributed by atoms with Gasteiger partial charge >= 0.3 is 0 Å². The van der Waals surface area contributed by atoms with E-state index in [1.54, 1.807) is 0 Å². The molecule has 0 spiro atoms. The molecule has 0 N–H and O–H groups in total. The zero-order valence-electron chi connectivity index (χ0n) is 10.8. The predicted octanol–water partition coefficient (Wildman–Crippen LogP) is 5.80. The van der Waals surface area contributed by atoms with E-state index in [0.717, 1.165) is 11.5 Å². The van der Waals surface area contributed by atoms with E-state index in [9.17, 15) is 0 Å². The van der Waals surface area contributed by atoms with Gasteiger partial charge in [-0.3, -0.25) is 0 Å². The lowest BCUT2D eigenvalue weighted by Gasteiger charge is -1.89. The summed E-state index contributed by atoms with van der Waals surface area (Å²) in [4.78, 5) is 2.79. The number of aryl methyl sites for hydroxylation is 1. The lowest BCUT2D eigenvalue weighted by atomic mass is 10.2. The summed E-state index contributed by atoms with van der Waals surface area (Å²) in [7, 11) is 0. The first-order valence-corrected chi connectivity index (χ1v) is 7.08. The Morgan fingerprint density at radius 2 is 1.75 bits per heavy atom. The molecule has 0 unspecified atom stereocenters. The third kappa shape index (κ3) is 4.54. The van der Waals surface area contributed by atoms with Gasteiger partial charge in [0.25, 0.3) is 0 Å². The number of fused-ring (bicyclic) bond motifs is 1. The summed E-state index contributed by atoms with van der Waals surface area (Å²) in [6, 6.07) is 2.21. The Hall–Kier alpha value is -0.530. The van der Waals surface area contributed by atoms with E-state index in [1.165, 1.54) is 15.3 Å². The van der Waals surface area contributed by atoms with Gasteiger partial charge in [0.15, 0.2) is 0 Å². The van der Waals surface area contributed by atoms with Crippen LogP contribution in [0, 0.1) is 6.92 Å². The third-order valence-corrected chi connectivity index (χ3v) is 3.24. The topological polar surface area (TPSA) is 0 Å². The second-order valence-corrected chi connectivity index (χ2v) is 4.64. The second-order valence-electron chi connectivity index (χ2n) is 2.86. The fourth-order valence-corrected chi connectivity index (χ4v) is 2.44. The highest BCUT2D eigenvalue weighted by Crippen LogP contribution is 2.27. The number of hydrogen-bond donors (Lipinski definition) is 0. The van der Waals surface area contributed by atoms with Crippen molar-refractivity contribution in [3.05, 3.63) is 38.6 Å². The van der Waals surface area contributed by atoms with Crippen LogP contribution in [-0.2, 0) is 6.42 Å². The molecule has 0 amide bonds. The van der Waals surface area contributed by atoms with E-state index in [1.807, 2.05) is 45.1 Å². The number of halogens is 1. The van der Waals surface area contributed by atoms with Crippen molar-refractivity contribution in [2.75, 3.05) is 0 Å². The number of allylic oxidation sites excluding steroid dienone is 3. The van der Waals surface area contributed by atoms with Gasteiger partial charge in [0.05, 0.1) is 0 Å². The third-order valence-electron chi connectivity index (χ3n) is 1.87. The molecule has 0 saturated heterocycles. The Morgan fingerprint density at radius 1 is 1.12 bits per heavy atom. The molecule has 1 aromatic heterocycles. The maximum absolute atomic E-state index is 5.89. The summed E-state index contributed by atoms with van der Waals surface area (Å²) < 4.78 is 0. The highest BCUT2D eigenvalue weighted by molar-refractivity contribution is 7.12. The molecule has 0 bridgehead atoms. The Kier molecular flexibility index (Phi) is 8.32. The van der Waals surface area contributed by atoms with E-state index < -0.39 is 0 Å². The van der Waals surface area contributed by atoms with Gasteiger partial charge in [-0.25, -0.2) is 0 Å². The van der Waals surface area contributed by atoms with Crippen molar-refractivity contribution in [2.45, 2.75) is 41.0 Å². The zero-order chi connectivity index (χ0) is 12.6. The maximum Gasteiger partial charge on any atom is 0.0369 e. The largest absolute Gasteiger partial charge is 0.145 e. The average molecular weight is 257 g/mol. The van der Waals surface area contributed by atoms with Crippen molar-refractivity contribution < 1.29 is 0 Å². The highest BCUT2D eigenvalue weighted by Gasteiger charge is 2.05. The van der Waals surface area contributed by atoms with E-state index in [4.69, 9.17) is 11.6 Å². The predicted molar refractivity (Wildman–Crippen MR) is 78.4 cm³/mol. The molecule has 0 fully saturated rings. The first kappa shape index (κ1) is 15.5. The molecule has 0 aliphatic heterocycles. The molecule has 1 aliphatic carbocycles. The van der Waals surface area contributed by atoms with Crippen molar-refractivity contribution in [1.29, 1.82) is 0 Å². The summed E-state index contributed by atoms with van der Waals surface area (Å²) in [6.45, 7) is 10.1. The van der Waals surface area contributed by atoms with Crippen molar-refractivity contribution in [2.24, 2.45) is 0 Å². The van der Waals surface area contributed by atoms with Crippen LogP contribution in [0.1, 0.15) is 43.0 Å². The molecule has 0 radical (unpaired) electrons. The van der Waals surface area contributed by atoms with Crippen LogP contribution in [0.5, 0.6) is 0 Å². The minimum absolute atomic E-state index is 0.844. The summed E-state index contributed by atoms with van der Waals surface area (Å²) in [5.41, 5.74) is 1.32. The number of thiophene rings is 1. The molecule has 90 valence electrons. The quantitative estimate of drug-likeness (QED) is 0.550. The molecule has 0 atom stereocenters. The maximum atomic E-state index is 5.89. The van der Waals surface area contributed by atoms with Gasteiger partial charge in [-0.1, -0.05) is 51.4 Å². The zero-order valence-corrected chi connectivity index (χ0v) is 12.4. The standard InChI is InChI=1S/C10H9ClS.2C2H6/c1-7-6-8-2-3-9(11)4-5-10(8)12-7;2*1-2/h2-4,6H,5H2,1H3;2*1-2H3. The van der Waals surface area contributed by atoms with Crippen molar-refractivity contribution in [3.8, 4) is 0 Å². The molecule has 0 nitrogen and oxygen atoms in total. The van der Waals surface area contributed by atoms with E-state index >= 15 is 0 Å². The highest BCUT2D eigenvalue weighted by atomic mass is 35.5. The average Bonchev–Trinajstić information content (AvgIpc) is 2.61. The minimum atomic E-state index is 0.844. The Morgan fingerprint density at radius 3 is 2.38 bits per heavy atom. The molecule has 2 heteroatoms. The monoisotopic (exact) mass is 256 g/mol. The van der Waals surface area contributed by atoms with Gasteiger partial charge in [-0.2, -0.15) is 0 Å². The Labute approximate surface area is 109 Å². The van der Waals surface area contributed by atoms with E-state index in [-0.39, 0.29) is 0 Å². The van der Waals surface area contributed by atoms with E-state index in [0.29, 0.717) is 0 Å². The lowest BCUT2D eigenvalue weighted by molar-refractivity contribution is 1.34. The van der Waals surface area contributed by atoms with Gasteiger partial charge in [0.1, 0.15) is 0 Å². The number of rotatable bonds is 0. The SMILES string of the molecule is CC.CC.Cc1cc2c(s1)CC=C(Cl)C=C2. The molecular weight excluding hydrogens is 236 g/mol. The molecule has 1 aliphatic rings. The van der Waals surface area contributed by atoms with Gasteiger partial charge < -0.3 is 0 Å². The van der Waals surface area contributed by atoms with Crippen LogP contribution in [-0.4, -0.2) is 0 Å². The van der Waals surface area contributed by atoms with Crippen LogP contribution in [0.2, 0.25) is 0 Å². The van der Waals surface area contributed by atoms with Gasteiger partial charge in [0.2, 0.25) is 0 Å². The molecule has 16 heavy (non-hydrogen) atoms. The minimum Gasteiger partial charge on any atom is -0.145 e. The normalized spacial score (nSPS) is 12.2. The van der Waals surface area contributed by atoms with Crippen molar-refractivity contribution >= 4 is 29.0 Å². The summed E-state index contributed by atoms with van der Waals surface area (Å²) in [6.07, 6.45) is 7.07. The van der Waals surface area contributed by atoms with Crippen LogP contribution in [0.25, 0.3) is 6.08 Å². The van der Waals surface area contributed by atoms with Crippen molar-refractivity contribution in [3.63, 3.8) is 0 Å². The Balaban J connectivity index is 0.000000509. The molecule has 1 aromatic rings. The van der Waals surface area contributed by atoms with Crippen LogP contribution in [0.4, 0.5) is 0 Å². The Bertz CT molecular complexity index is 359. The fourth-order valence-electron chi connectivity index (χ4n) is 1.31. The molecule has 2 rings (SSSR count).